The average Bonchev–Trinajstić information content (AvgIpc) is 3.26. The first-order valence-corrected chi connectivity index (χ1v) is 10.7. The Bertz CT molecular complexity index is 1220. The van der Waals surface area contributed by atoms with Crippen molar-refractivity contribution in [1.29, 1.82) is 0 Å². The van der Waals surface area contributed by atoms with Gasteiger partial charge in [0.1, 0.15) is 5.75 Å². The third kappa shape index (κ3) is 4.87. The number of methoxy groups -OCH3 is 1. The SMILES string of the molecule is COc1ccc(NN=C(Sc2nnc(-c3ccccc3)n2-c2ccccc2)C(C)=O)cc1. The molecule has 0 bridgehead atoms. The van der Waals surface area contributed by atoms with Gasteiger partial charge in [0.15, 0.2) is 16.7 Å². The normalized spacial score (nSPS) is 11.2. The van der Waals surface area contributed by atoms with Gasteiger partial charge in [0.05, 0.1) is 12.8 Å². The van der Waals surface area contributed by atoms with Crippen molar-refractivity contribution in [3.8, 4) is 22.8 Å². The quantitative estimate of drug-likeness (QED) is 0.186. The number of hydrogen-bond acceptors (Lipinski definition) is 7. The van der Waals surface area contributed by atoms with Gasteiger partial charge in [-0.05, 0) is 48.2 Å². The molecule has 32 heavy (non-hydrogen) atoms. The molecule has 1 heterocycles. The Morgan fingerprint density at radius 1 is 0.938 bits per heavy atom. The zero-order chi connectivity index (χ0) is 22.3. The molecule has 1 aromatic heterocycles. The molecule has 7 nitrogen and oxygen atoms in total. The number of ether oxygens (including phenoxy) is 1. The first kappa shape index (κ1) is 21.3. The number of nitrogens with one attached hydrogen (secondary N) is 1. The van der Waals surface area contributed by atoms with Gasteiger partial charge in [-0.1, -0.05) is 48.5 Å². The van der Waals surface area contributed by atoms with Gasteiger partial charge in [0.2, 0.25) is 5.16 Å². The van der Waals surface area contributed by atoms with Crippen molar-refractivity contribution in [3.05, 3.63) is 84.9 Å². The highest BCUT2D eigenvalue weighted by Crippen LogP contribution is 2.29. The van der Waals surface area contributed by atoms with Crippen LogP contribution >= 0.6 is 11.8 Å². The van der Waals surface area contributed by atoms with Crippen molar-refractivity contribution in [2.45, 2.75) is 12.1 Å². The summed E-state index contributed by atoms with van der Waals surface area (Å²) in [4.78, 5) is 12.3. The molecule has 3 aromatic carbocycles. The van der Waals surface area contributed by atoms with Gasteiger partial charge in [-0.3, -0.25) is 14.8 Å². The van der Waals surface area contributed by atoms with Crippen LogP contribution in [0.5, 0.6) is 5.75 Å². The van der Waals surface area contributed by atoms with Crippen molar-refractivity contribution in [2.75, 3.05) is 12.5 Å². The molecule has 0 aliphatic rings. The minimum absolute atomic E-state index is 0.181. The van der Waals surface area contributed by atoms with Crippen LogP contribution in [0.3, 0.4) is 0 Å². The fraction of sp³-hybridized carbons (Fsp3) is 0.0833. The van der Waals surface area contributed by atoms with Crippen LogP contribution in [0.25, 0.3) is 17.1 Å². The number of para-hydroxylation sites is 1. The van der Waals surface area contributed by atoms with E-state index >= 15 is 0 Å². The molecule has 0 aliphatic heterocycles. The van der Waals surface area contributed by atoms with Gasteiger partial charge in [-0.15, -0.1) is 10.2 Å². The van der Waals surface area contributed by atoms with Crippen LogP contribution in [0.2, 0.25) is 0 Å². The fourth-order valence-corrected chi connectivity index (χ4v) is 3.73. The summed E-state index contributed by atoms with van der Waals surface area (Å²) in [6, 6.07) is 26.9. The molecule has 0 fully saturated rings. The number of rotatable bonds is 7. The van der Waals surface area contributed by atoms with Gasteiger partial charge in [-0.25, -0.2) is 0 Å². The number of thioether (sulfide) groups is 1. The largest absolute Gasteiger partial charge is 0.497 e. The highest BCUT2D eigenvalue weighted by Gasteiger charge is 2.20. The van der Waals surface area contributed by atoms with Gasteiger partial charge >= 0.3 is 0 Å². The lowest BCUT2D eigenvalue weighted by Crippen LogP contribution is -2.10. The van der Waals surface area contributed by atoms with E-state index in [1.165, 1.54) is 6.92 Å². The zero-order valence-electron chi connectivity index (χ0n) is 17.6. The van der Waals surface area contributed by atoms with Gasteiger partial charge in [0, 0.05) is 18.2 Å². The van der Waals surface area contributed by atoms with Crippen molar-refractivity contribution < 1.29 is 9.53 Å². The number of ketones is 1. The second kappa shape index (κ2) is 9.93. The van der Waals surface area contributed by atoms with Gasteiger partial charge in [0.25, 0.3) is 0 Å². The molecule has 0 amide bonds. The average molecular weight is 444 g/mol. The lowest BCUT2D eigenvalue weighted by Gasteiger charge is -2.10. The van der Waals surface area contributed by atoms with Crippen LogP contribution < -0.4 is 10.2 Å². The number of aromatic nitrogens is 3. The maximum Gasteiger partial charge on any atom is 0.202 e. The van der Waals surface area contributed by atoms with Crippen LogP contribution in [0.15, 0.2) is 95.2 Å². The fourth-order valence-electron chi connectivity index (χ4n) is 2.96. The number of hydrazone groups is 1. The first-order chi connectivity index (χ1) is 15.7. The first-order valence-electron chi connectivity index (χ1n) is 9.88. The van der Waals surface area contributed by atoms with Gasteiger partial charge in [-0.2, -0.15) is 5.10 Å². The molecule has 160 valence electrons. The zero-order valence-corrected chi connectivity index (χ0v) is 18.4. The number of carbonyl (C=O) groups is 1. The Morgan fingerprint density at radius 2 is 1.59 bits per heavy atom. The van der Waals surface area contributed by atoms with E-state index in [4.69, 9.17) is 4.74 Å². The maximum absolute atomic E-state index is 12.3. The minimum Gasteiger partial charge on any atom is -0.497 e. The third-order valence-corrected chi connectivity index (χ3v) is 5.56. The number of Topliss-reactive ketones (excluding diaryl/α,β-unsaturated/α-hetero) is 1. The number of carbonyl (C=O) groups excluding carboxylic acids is 1. The number of hydrogen-bond donors (Lipinski definition) is 1. The van der Waals surface area contributed by atoms with E-state index in [1.807, 2.05) is 89.5 Å². The summed E-state index contributed by atoms with van der Waals surface area (Å²) in [5.41, 5.74) is 5.48. The summed E-state index contributed by atoms with van der Waals surface area (Å²) in [5.74, 6) is 1.25. The molecule has 0 atom stereocenters. The van der Waals surface area contributed by atoms with E-state index in [9.17, 15) is 4.79 Å². The van der Waals surface area contributed by atoms with Crippen LogP contribution in [0, 0.1) is 0 Å². The topological polar surface area (TPSA) is 81.4 Å². The molecule has 1 N–H and O–H groups in total. The Morgan fingerprint density at radius 3 is 2.22 bits per heavy atom. The summed E-state index contributed by atoms with van der Waals surface area (Å²) in [7, 11) is 1.61. The second-order valence-electron chi connectivity index (χ2n) is 6.76. The Labute approximate surface area is 190 Å². The van der Waals surface area contributed by atoms with Crippen molar-refractivity contribution in [1.82, 2.24) is 14.8 Å². The monoisotopic (exact) mass is 443 g/mol. The minimum atomic E-state index is -0.181. The summed E-state index contributed by atoms with van der Waals surface area (Å²) in [6.07, 6.45) is 0. The smallest absolute Gasteiger partial charge is 0.202 e. The van der Waals surface area contributed by atoms with Crippen molar-refractivity contribution >= 4 is 28.3 Å². The van der Waals surface area contributed by atoms with Crippen LogP contribution in [-0.4, -0.2) is 32.7 Å². The molecule has 0 spiro atoms. The summed E-state index contributed by atoms with van der Waals surface area (Å²) in [5, 5.41) is 13.9. The molecule has 0 unspecified atom stereocenters. The molecular weight excluding hydrogens is 422 g/mol. The molecule has 4 aromatic rings. The number of anilines is 1. The van der Waals surface area contributed by atoms with E-state index in [-0.39, 0.29) is 10.8 Å². The summed E-state index contributed by atoms with van der Waals surface area (Å²) >= 11 is 1.16. The summed E-state index contributed by atoms with van der Waals surface area (Å²) < 4.78 is 7.09. The Kier molecular flexibility index (Phi) is 6.62. The number of benzene rings is 3. The van der Waals surface area contributed by atoms with E-state index in [1.54, 1.807) is 7.11 Å². The molecule has 0 aliphatic carbocycles. The second-order valence-corrected chi connectivity index (χ2v) is 7.71. The number of nitrogens with zero attached hydrogens (tertiary/aromatic N) is 4. The lowest BCUT2D eigenvalue weighted by molar-refractivity contribution is -0.110. The van der Waals surface area contributed by atoms with Gasteiger partial charge < -0.3 is 4.74 Å². The van der Waals surface area contributed by atoms with Crippen LogP contribution in [0.4, 0.5) is 5.69 Å². The molecule has 0 saturated heterocycles. The molecule has 0 radical (unpaired) electrons. The molecule has 0 saturated carbocycles. The summed E-state index contributed by atoms with van der Waals surface area (Å²) in [6.45, 7) is 1.48. The Balaban J connectivity index is 1.68. The standard InChI is InChI=1S/C24H21N5O2S/c1-17(30)23(27-25-19-13-15-21(31-2)16-14-19)32-24-28-26-22(18-9-5-3-6-10-18)29(24)20-11-7-4-8-12-20/h3-16,25H,1-2H3. The predicted octanol–water partition coefficient (Wildman–Crippen LogP) is 5.05. The predicted molar refractivity (Wildman–Crippen MR) is 127 cm³/mol. The highest BCUT2D eigenvalue weighted by atomic mass is 32.2. The van der Waals surface area contributed by atoms with E-state index in [0.29, 0.717) is 11.0 Å². The molecule has 8 heteroatoms. The molecular formula is C24H21N5O2S. The molecule has 4 rings (SSSR count). The third-order valence-electron chi connectivity index (χ3n) is 4.55. The van der Waals surface area contributed by atoms with E-state index in [0.717, 1.165) is 34.4 Å². The van der Waals surface area contributed by atoms with Crippen LogP contribution in [-0.2, 0) is 4.79 Å². The van der Waals surface area contributed by atoms with Crippen LogP contribution in [0.1, 0.15) is 6.92 Å². The lowest BCUT2D eigenvalue weighted by atomic mass is 10.2. The highest BCUT2D eigenvalue weighted by molar-refractivity contribution is 8.15. The Hall–Kier alpha value is -3.91. The van der Waals surface area contributed by atoms with E-state index < -0.39 is 0 Å². The maximum atomic E-state index is 12.3. The van der Waals surface area contributed by atoms with Crippen molar-refractivity contribution in [2.24, 2.45) is 5.10 Å². The van der Waals surface area contributed by atoms with Crippen molar-refractivity contribution in [3.63, 3.8) is 0 Å². The van der Waals surface area contributed by atoms with E-state index in [2.05, 4.69) is 20.7 Å².